The van der Waals surface area contributed by atoms with Crippen molar-refractivity contribution in [2.45, 2.75) is 57.3 Å². The van der Waals surface area contributed by atoms with Gasteiger partial charge in [0.2, 0.25) is 23.7 Å². The predicted molar refractivity (Wildman–Crippen MR) is 138 cm³/mol. The number of benzene rings is 1. The summed E-state index contributed by atoms with van der Waals surface area (Å²) < 4.78 is 39.7. The Morgan fingerprint density at radius 3 is 2.36 bits per heavy atom. The number of Topliss-reactive ketones (excluding diaryl/α,β-unsaturated/α-hetero) is 1. The van der Waals surface area contributed by atoms with E-state index >= 15 is 0 Å². The van der Waals surface area contributed by atoms with Crippen LogP contribution < -0.4 is 15.5 Å². The quantitative estimate of drug-likeness (QED) is 0.240. The maximum atomic E-state index is 13.6. The van der Waals surface area contributed by atoms with Crippen molar-refractivity contribution in [2.75, 3.05) is 23.0 Å². The van der Waals surface area contributed by atoms with E-state index in [0.29, 0.717) is 0 Å². The molecule has 3 amide bonds. The van der Waals surface area contributed by atoms with Crippen LogP contribution in [0, 0.1) is 11.3 Å². The molecule has 1 aromatic carbocycles. The van der Waals surface area contributed by atoms with Gasteiger partial charge in [-0.05, 0) is 30.7 Å². The Hall–Kier alpha value is -3.99. The van der Waals surface area contributed by atoms with Gasteiger partial charge in [0.25, 0.3) is 0 Å². The van der Waals surface area contributed by atoms with Crippen LogP contribution in [0.4, 0.5) is 24.9 Å². The molecule has 0 radical (unpaired) electrons. The molecule has 2 aromatic rings. The SMILES string of the molecule is CSc1nc(NC(C)=O)nc(N(C(C)=O)[C@@H](CCCNC(C)=O)C(=O)Cc2cccc(C(F)(F)F)c2)c1C#N. The van der Waals surface area contributed by atoms with Gasteiger partial charge in [0.1, 0.15) is 16.7 Å². The van der Waals surface area contributed by atoms with E-state index in [4.69, 9.17) is 0 Å². The van der Waals surface area contributed by atoms with E-state index in [1.807, 2.05) is 6.07 Å². The molecular formula is C25H27F3N6O4S. The molecule has 1 aromatic heterocycles. The molecule has 0 bridgehead atoms. The highest BCUT2D eigenvalue weighted by Gasteiger charge is 2.34. The van der Waals surface area contributed by atoms with E-state index < -0.39 is 41.8 Å². The molecule has 0 fully saturated rings. The highest BCUT2D eigenvalue weighted by Crippen LogP contribution is 2.32. The van der Waals surface area contributed by atoms with Crippen LogP contribution in [0.3, 0.4) is 0 Å². The molecule has 39 heavy (non-hydrogen) atoms. The molecule has 208 valence electrons. The Labute approximate surface area is 227 Å². The van der Waals surface area contributed by atoms with Gasteiger partial charge >= 0.3 is 6.18 Å². The lowest BCUT2D eigenvalue weighted by molar-refractivity contribution is -0.137. The lowest BCUT2D eigenvalue weighted by atomic mass is 9.97. The first-order valence-corrected chi connectivity index (χ1v) is 12.9. The third-order valence-corrected chi connectivity index (χ3v) is 6.04. The second kappa shape index (κ2) is 13.7. The smallest absolute Gasteiger partial charge is 0.356 e. The molecule has 0 aliphatic carbocycles. The fourth-order valence-corrected chi connectivity index (χ4v) is 4.27. The first kappa shape index (κ1) is 31.2. The number of aromatic nitrogens is 2. The van der Waals surface area contributed by atoms with Crippen molar-refractivity contribution in [2.24, 2.45) is 0 Å². The molecule has 2 rings (SSSR count). The second-order valence-corrected chi connectivity index (χ2v) is 9.21. The van der Waals surface area contributed by atoms with Crippen LogP contribution in [0.25, 0.3) is 0 Å². The lowest BCUT2D eigenvalue weighted by Gasteiger charge is -2.30. The summed E-state index contributed by atoms with van der Waals surface area (Å²) in [5.41, 5.74) is -0.965. The lowest BCUT2D eigenvalue weighted by Crippen LogP contribution is -2.46. The van der Waals surface area contributed by atoms with E-state index in [-0.39, 0.29) is 53.2 Å². The van der Waals surface area contributed by atoms with Gasteiger partial charge in [-0.3, -0.25) is 29.4 Å². The number of amides is 3. The number of thioether (sulfide) groups is 1. The third kappa shape index (κ3) is 8.78. The van der Waals surface area contributed by atoms with E-state index in [2.05, 4.69) is 20.6 Å². The number of carbonyl (C=O) groups is 4. The molecule has 1 heterocycles. The maximum Gasteiger partial charge on any atom is 0.416 e. The number of nitrogens with one attached hydrogen (secondary N) is 2. The van der Waals surface area contributed by atoms with Crippen LogP contribution >= 0.6 is 11.8 Å². The van der Waals surface area contributed by atoms with Gasteiger partial charge in [0.15, 0.2) is 11.6 Å². The molecular weight excluding hydrogens is 537 g/mol. The number of anilines is 2. The van der Waals surface area contributed by atoms with E-state index in [1.54, 1.807) is 6.26 Å². The minimum Gasteiger partial charge on any atom is -0.356 e. The fourth-order valence-electron chi connectivity index (χ4n) is 3.75. The summed E-state index contributed by atoms with van der Waals surface area (Å²) in [6.07, 6.45) is -3.22. The molecule has 1 atom stereocenters. The number of alkyl halides is 3. The first-order chi connectivity index (χ1) is 18.3. The number of carbonyl (C=O) groups excluding carboxylic acids is 4. The van der Waals surface area contributed by atoms with Gasteiger partial charge in [-0.1, -0.05) is 18.2 Å². The summed E-state index contributed by atoms with van der Waals surface area (Å²) in [4.78, 5) is 58.8. The van der Waals surface area contributed by atoms with Gasteiger partial charge in [0.05, 0.1) is 11.6 Å². The molecule has 0 spiro atoms. The van der Waals surface area contributed by atoms with Crippen LogP contribution in [-0.4, -0.2) is 52.3 Å². The van der Waals surface area contributed by atoms with Gasteiger partial charge in [0, 0.05) is 33.7 Å². The fraction of sp³-hybridized carbons (Fsp3) is 0.400. The van der Waals surface area contributed by atoms with E-state index in [9.17, 15) is 37.6 Å². The molecule has 10 nitrogen and oxygen atoms in total. The number of ketones is 1. The molecule has 0 saturated heterocycles. The number of halogens is 3. The Balaban J connectivity index is 2.61. The molecule has 14 heteroatoms. The predicted octanol–water partition coefficient (Wildman–Crippen LogP) is 3.50. The van der Waals surface area contributed by atoms with Crippen molar-refractivity contribution in [1.29, 1.82) is 5.26 Å². The number of hydrogen-bond donors (Lipinski definition) is 2. The Morgan fingerprint density at radius 2 is 1.82 bits per heavy atom. The highest BCUT2D eigenvalue weighted by molar-refractivity contribution is 7.98. The average Bonchev–Trinajstić information content (AvgIpc) is 2.84. The molecule has 0 unspecified atom stereocenters. The van der Waals surface area contributed by atoms with Crippen molar-refractivity contribution in [1.82, 2.24) is 15.3 Å². The molecule has 0 aliphatic heterocycles. The Kier molecular flexibility index (Phi) is 11.0. The van der Waals surface area contributed by atoms with Crippen molar-refractivity contribution in [3.05, 3.63) is 41.0 Å². The summed E-state index contributed by atoms with van der Waals surface area (Å²) in [6, 6.07) is 4.97. The standard InChI is InChI=1S/C25H27F3N6O4S/c1-14(35)30-10-6-9-20(21(38)12-17-7-5-8-18(11-17)25(26,27)28)34(16(3)37)22-19(13-29)23(39-4)33-24(32-22)31-15(2)36/h5,7-8,11,20H,6,9-10,12H2,1-4H3,(H,30,35)(H,31,32,33,36)/t20-/m0/s1. The zero-order chi connectivity index (χ0) is 29.3. The summed E-state index contributed by atoms with van der Waals surface area (Å²) in [5.74, 6) is -2.53. The molecule has 0 saturated carbocycles. The van der Waals surface area contributed by atoms with Crippen molar-refractivity contribution in [3.8, 4) is 6.07 Å². The molecule has 0 aliphatic rings. The highest BCUT2D eigenvalue weighted by atomic mass is 32.2. The monoisotopic (exact) mass is 564 g/mol. The topological polar surface area (TPSA) is 145 Å². The average molecular weight is 565 g/mol. The summed E-state index contributed by atoms with van der Waals surface area (Å²) in [5, 5.41) is 15.0. The normalized spacial score (nSPS) is 11.7. The summed E-state index contributed by atoms with van der Waals surface area (Å²) in [7, 11) is 0. The largest absolute Gasteiger partial charge is 0.416 e. The Bertz CT molecular complexity index is 1300. The van der Waals surface area contributed by atoms with Crippen LogP contribution in [0.1, 0.15) is 50.3 Å². The number of nitriles is 1. The minimum absolute atomic E-state index is 0.00338. The zero-order valence-electron chi connectivity index (χ0n) is 21.7. The van der Waals surface area contributed by atoms with Gasteiger partial charge in [-0.2, -0.15) is 23.4 Å². The molecule has 2 N–H and O–H groups in total. The maximum absolute atomic E-state index is 13.6. The number of rotatable bonds is 11. The van der Waals surface area contributed by atoms with E-state index in [0.717, 1.165) is 35.7 Å². The van der Waals surface area contributed by atoms with Crippen LogP contribution in [-0.2, 0) is 31.8 Å². The van der Waals surface area contributed by atoms with Crippen molar-refractivity contribution >= 4 is 47.0 Å². The van der Waals surface area contributed by atoms with E-state index in [1.165, 1.54) is 26.0 Å². The summed E-state index contributed by atoms with van der Waals surface area (Å²) >= 11 is 1.05. The van der Waals surface area contributed by atoms with Crippen LogP contribution in [0.5, 0.6) is 0 Å². The first-order valence-electron chi connectivity index (χ1n) is 11.6. The summed E-state index contributed by atoms with van der Waals surface area (Å²) in [6.45, 7) is 3.84. The third-order valence-electron chi connectivity index (χ3n) is 5.36. The van der Waals surface area contributed by atoms with Crippen molar-refractivity contribution < 1.29 is 32.3 Å². The zero-order valence-corrected chi connectivity index (χ0v) is 22.5. The van der Waals surface area contributed by atoms with Gasteiger partial charge in [-0.25, -0.2) is 4.98 Å². The van der Waals surface area contributed by atoms with Crippen LogP contribution in [0.2, 0.25) is 0 Å². The Morgan fingerprint density at radius 1 is 1.13 bits per heavy atom. The second-order valence-electron chi connectivity index (χ2n) is 8.42. The minimum atomic E-state index is -4.61. The van der Waals surface area contributed by atoms with Crippen LogP contribution in [0.15, 0.2) is 29.3 Å². The van der Waals surface area contributed by atoms with Gasteiger partial charge in [-0.15, -0.1) is 11.8 Å². The van der Waals surface area contributed by atoms with Gasteiger partial charge < -0.3 is 5.32 Å². The van der Waals surface area contributed by atoms with Crippen molar-refractivity contribution in [3.63, 3.8) is 0 Å². The number of hydrogen-bond acceptors (Lipinski definition) is 8. The number of nitrogens with zero attached hydrogens (tertiary/aromatic N) is 4.